The second-order valence-corrected chi connectivity index (χ2v) is 8.89. The lowest BCUT2D eigenvalue weighted by Gasteiger charge is -2.40. The number of hydrogen-bond acceptors (Lipinski definition) is 5. The first-order valence-electron chi connectivity index (χ1n) is 11.6. The maximum absolute atomic E-state index is 13.6. The zero-order valence-corrected chi connectivity index (χ0v) is 19.5. The molecule has 33 heavy (non-hydrogen) atoms. The summed E-state index contributed by atoms with van der Waals surface area (Å²) in [6.07, 6.45) is 1.04. The molecule has 0 radical (unpaired) electrons. The molecule has 5 heteroatoms. The number of allylic oxidation sites excluding steroid dienone is 2. The summed E-state index contributed by atoms with van der Waals surface area (Å²) in [5.41, 5.74) is 3.99. The Morgan fingerprint density at radius 2 is 1.79 bits per heavy atom. The minimum Gasteiger partial charge on any atom is -0.491 e. The van der Waals surface area contributed by atoms with Gasteiger partial charge in [-0.25, -0.2) is 0 Å². The fourth-order valence-electron chi connectivity index (χ4n) is 4.95. The van der Waals surface area contributed by atoms with Gasteiger partial charge in [0.25, 0.3) is 0 Å². The van der Waals surface area contributed by atoms with Gasteiger partial charge in [0.2, 0.25) is 0 Å². The lowest BCUT2D eigenvalue weighted by Crippen LogP contribution is -2.42. The van der Waals surface area contributed by atoms with Crippen molar-refractivity contribution in [1.29, 1.82) is 0 Å². The van der Waals surface area contributed by atoms with E-state index in [0.717, 1.165) is 16.8 Å². The van der Waals surface area contributed by atoms with Gasteiger partial charge in [-0.3, -0.25) is 9.59 Å². The maximum Gasteiger partial charge on any atom is 0.315 e. The average molecular weight is 446 g/mol. The van der Waals surface area contributed by atoms with Crippen molar-refractivity contribution in [3.05, 3.63) is 89.3 Å². The van der Waals surface area contributed by atoms with Gasteiger partial charge in [0, 0.05) is 34.9 Å². The summed E-state index contributed by atoms with van der Waals surface area (Å²) < 4.78 is 11.5. The molecule has 0 aromatic heterocycles. The van der Waals surface area contributed by atoms with Crippen LogP contribution in [0.5, 0.6) is 5.75 Å². The average Bonchev–Trinajstić information content (AvgIpc) is 2.78. The first-order valence-corrected chi connectivity index (χ1v) is 11.6. The quantitative estimate of drug-likeness (QED) is 0.615. The van der Waals surface area contributed by atoms with Gasteiger partial charge in [-0.15, -0.1) is 0 Å². The molecule has 0 spiro atoms. The van der Waals surface area contributed by atoms with E-state index in [1.54, 1.807) is 6.92 Å². The van der Waals surface area contributed by atoms with E-state index in [2.05, 4.69) is 24.0 Å². The molecule has 5 nitrogen and oxygen atoms in total. The van der Waals surface area contributed by atoms with E-state index < -0.39 is 11.8 Å². The monoisotopic (exact) mass is 445 g/mol. The van der Waals surface area contributed by atoms with Crippen LogP contribution in [0.2, 0.25) is 0 Å². The second-order valence-electron chi connectivity index (χ2n) is 8.89. The fourth-order valence-corrected chi connectivity index (χ4v) is 4.95. The van der Waals surface area contributed by atoms with Crippen molar-refractivity contribution in [2.24, 2.45) is 5.92 Å². The molecule has 0 amide bonds. The number of nitrogens with one attached hydrogen (secondary N) is 1. The number of para-hydroxylation sites is 1. The fraction of sp³-hybridized carbons (Fsp3) is 0.357. The number of ether oxygens (including phenoxy) is 2. The SMILES string of the molecule is C=C1NC2=C(C(=O)CC(c3ccccc3)C2)C(c2ccccc2OC(C)C)C1C(=O)OCC. The number of carbonyl (C=O) groups excluding carboxylic acids is 2. The molecule has 0 bridgehead atoms. The Kier molecular flexibility index (Phi) is 6.68. The first-order chi connectivity index (χ1) is 15.9. The predicted molar refractivity (Wildman–Crippen MR) is 128 cm³/mol. The number of Topliss-reactive ketones (excluding diaryl/α,β-unsaturated/α-hetero) is 1. The molecule has 2 aromatic rings. The summed E-state index contributed by atoms with van der Waals surface area (Å²) in [6, 6.07) is 17.7. The van der Waals surface area contributed by atoms with Gasteiger partial charge < -0.3 is 14.8 Å². The molecule has 1 N–H and O–H groups in total. The van der Waals surface area contributed by atoms with Gasteiger partial charge in [-0.05, 0) is 44.7 Å². The molecular formula is C28H31NO4. The molecule has 3 atom stereocenters. The molecule has 1 heterocycles. The van der Waals surface area contributed by atoms with Gasteiger partial charge in [0.05, 0.1) is 12.7 Å². The molecule has 2 aromatic carbocycles. The van der Waals surface area contributed by atoms with Crippen molar-refractivity contribution >= 4 is 11.8 Å². The van der Waals surface area contributed by atoms with Crippen molar-refractivity contribution in [1.82, 2.24) is 5.32 Å². The summed E-state index contributed by atoms with van der Waals surface area (Å²) >= 11 is 0. The van der Waals surface area contributed by atoms with Gasteiger partial charge in [0.15, 0.2) is 5.78 Å². The molecule has 172 valence electrons. The number of benzene rings is 2. The predicted octanol–water partition coefficient (Wildman–Crippen LogP) is 5.25. The number of carbonyl (C=O) groups is 2. The van der Waals surface area contributed by atoms with Crippen molar-refractivity contribution in [2.45, 2.75) is 51.6 Å². The van der Waals surface area contributed by atoms with Crippen LogP contribution in [0.3, 0.4) is 0 Å². The smallest absolute Gasteiger partial charge is 0.315 e. The van der Waals surface area contributed by atoms with Crippen LogP contribution < -0.4 is 10.1 Å². The third kappa shape index (κ3) is 4.58. The van der Waals surface area contributed by atoms with E-state index >= 15 is 0 Å². The molecule has 2 aliphatic rings. The normalized spacial score (nSPS) is 22.6. The molecular weight excluding hydrogens is 414 g/mol. The van der Waals surface area contributed by atoms with Crippen LogP contribution in [0.25, 0.3) is 0 Å². The van der Waals surface area contributed by atoms with Crippen LogP contribution in [-0.2, 0) is 14.3 Å². The molecule has 4 rings (SSSR count). The number of esters is 1. The van der Waals surface area contributed by atoms with Crippen LogP contribution in [0.15, 0.2) is 78.1 Å². The summed E-state index contributed by atoms with van der Waals surface area (Å²) in [6.45, 7) is 10.1. The molecule has 1 aliphatic carbocycles. The van der Waals surface area contributed by atoms with E-state index in [4.69, 9.17) is 9.47 Å². The first kappa shape index (κ1) is 22.8. The van der Waals surface area contributed by atoms with Gasteiger partial charge in [-0.1, -0.05) is 55.1 Å². The van der Waals surface area contributed by atoms with Crippen LogP contribution in [0, 0.1) is 5.92 Å². The second kappa shape index (κ2) is 9.65. The number of hydrogen-bond donors (Lipinski definition) is 1. The molecule has 0 fully saturated rings. The lowest BCUT2D eigenvalue weighted by atomic mass is 9.69. The number of rotatable bonds is 6. The maximum atomic E-state index is 13.6. The van der Waals surface area contributed by atoms with Crippen molar-refractivity contribution in [2.75, 3.05) is 6.61 Å². The van der Waals surface area contributed by atoms with Gasteiger partial charge >= 0.3 is 5.97 Å². The highest BCUT2D eigenvalue weighted by molar-refractivity contribution is 6.01. The van der Waals surface area contributed by atoms with Crippen LogP contribution in [0.4, 0.5) is 0 Å². The van der Waals surface area contributed by atoms with Gasteiger partial charge in [-0.2, -0.15) is 0 Å². The number of ketones is 1. The minimum atomic E-state index is -0.710. The Balaban J connectivity index is 1.84. The highest BCUT2D eigenvalue weighted by Gasteiger charge is 2.46. The van der Waals surface area contributed by atoms with E-state index in [1.165, 1.54) is 0 Å². The van der Waals surface area contributed by atoms with E-state index in [0.29, 0.717) is 29.9 Å². The topological polar surface area (TPSA) is 64.6 Å². The Labute approximate surface area is 195 Å². The third-order valence-corrected chi connectivity index (χ3v) is 6.27. The van der Waals surface area contributed by atoms with Crippen molar-refractivity contribution in [3.8, 4) is 5.75 Å². The zero-order chi connectivity index (χ0) is 23.5. The van der Waals surface area contributed by atoms with Crippen molar-refractivity contribution in [3.63, 3.8) is 0 Å². The zero-order valence-electron chi connectivity index (χ0n) is 19.5. The third-order valence-electron chi connectivity index (χ3n) is 6.27. The van der Waals surface area contributed by atoms with Gasteiger partial charge in [0.1, 0.15) is 11.7 Å². The van der Waals surface area contributed by atoms with E-state index in [9.17, 15) is 9.59 Å². The van der Waals surface area contributed by atoms with Crippen LogP contribution >= 0.6 is 0 Å². The Hall–Kier alpha value is -3.34. The molecule has 0 saturated heterocycles. The van der Waals surface area contributed by atoms with Crippen LogP contribution in [0.1, 0.15) is 56.6 Å². The highest BCUT2D eigenvalue weighted by atomic mass is 16.5. The molecule has 3 unspecified atom stereocenters. The Morgan fingerprint density at radius 3 is 2.48 bits per heavy atom. The summed E-state index contributed by atoms with van der Waals surface area (Å²) in [4.78, 5) is 26.7. The minimum absolute atomic E-state index is 0.0451. The Morgan fingerprint density at radius 1 is 1.09 bits per heavy atom. The largest absolute Gasteiger partial charge is 0.491 e. The summed E-state index contributed by atoms with van der Waals surface area (Å²) in [5, 5.41) is 3.32. The lowest BCUT2D eigenvalue weighted by molar-refractivity contribution is -0.147. The van der Waals surface area contributed by atoms with Crippen molar-refractivity contribution < 1.29 is 19.1 Å². The highest BCUT2D eigenvalue weighted by Crippen LogP contribution is 2.49. The Bertz CT molecular complexity index is 1090. The van der Waals surface area contributed by atoms with E-state index in [-0.39, 0.29) is 30.4 Å². The summed E-state index contributed by atoms with van der Waals surface area (Å²) in [7, 11) is 0. The molecule has 1 aliphatic heterocycles. The van der Waals surface area contributed by atoms with Crippen LogP contribution in [-0.4, -0.2) is 24.5 Å². The summed E-state index contributed by atoms with van der Waals surface area (Å²) in [5.74, 6) is -0.802. The molecule has 0 saturated carbocycles. The van der Waals surface area contributed by atoms with E-state index in [1.807, 2.05) is 56.3 Å². The standard InChI is InChI=1S/C28H31NO4/c1-5-32-28(31)25-18(4)29-22-15-20(19-11-7-6-8-12-19)16-23(30)27(22)26(25)21-13-9-10-14-24(21)33-17(2)3/h6-14,17,20,25-26,29H,4-5,15-16H2,1-3H3.